The van der Waals surface area contributed by atoms with Gasteiger partial charge in [0.05, 0.1) is 5.92 Å². The molecule has 3 nitrogen and oxygen atoms in total. The van der Waals surface area contributed by atoms with Gasteiger partial charge in [-0.15, -0.1) is 0 Å². The summed E-state index contributed by atoms with van der Waals surface area (Å²) in [5, 5.41) is 2.99. The largest absolute Gasteiger partial charge is 0.457 e. The summed E-state index contributed by atoms with van der Waals surface area (Å²) in [4.78, 5) is 12.6. The summed E-state index contributed by atoms with van der Waals surface area (Å²) in [5.74, 6) is 1.38. The molecular weight excluding hydrogens is 310 g/mol. The Labute approximate surface area is 148 Å². The Balaban J connectivity index is 1.65. The summed E-state index contributed by atoms with van der Waals surface area (Å²) in [6.45, 7) is 2.02. The highest BCUT2D eigenvalue weighted by molar-refractivity contribution is 5.95. The summed E-state index contributed by atoms with van der Waals surface area (Å²) in [6.07, 6.45) is 0.755. The molecule has 0 heterocycles. The molecule has 0 radical (unpaired) electrons. The topological polar surface area (TPSA) is 38.3 Å². The van der Waals surface area contributed by atoms with Crippen LogP contribution < -0.4 is 10.1 Å². The van der Waals surface area contributed by atoms with Crippen LogP contribution in [0, 0.1) is 0 Å². The number of amides is 1. The number of carbonyl (C=O) groups is 1. The SMILES string of the molecule is CC[C@H](C(=O)Nc1ccc(Oc2ccccc2)cc1)c1ccccc1. The third-order valence-electron chi connectivity index (χ3n) is 4.03. The number of para-hydroxylation sites is 1. The zero-order valence-corrected chi connectivity index (χ0v) is 14.2. The normalized spacial score (nSPS) is 11.6. The maximum atomic E-state index is 12.6. The van der Waals surface area contributed by atoms with E-state index in [9.17, 15) is 4.79 Å². The van der Waals surface area contributed by atoms with Crippen molar-refractivity contribution in [1.29, 1.82) is 0 Å². The molecule has 126 valence electrons. The van der Waals surface area contributed by atoms with Crippen molar-refractivity contribution >= 4 is 11.6 Å². The molecule has 1 N–H and O–H groups in total. The monoisotopic (exact) mass is 331 g/mol. The van der Waals surface area contributed by atoms with Gasteiger partial charge in [-0.25, -0.2) is 0 Å². The van der Waals surface area contributed by atoms with Crippen LogP contribution >= 0.6 is 0 Å². The van der Waals surface area contributed by atoms with Crippen LogP contribution in [0.3, 0.4) is 0 Å². The Morgan fingerprint density at radius 3 is 2.00 bits per heavy atom. The molecule has 1 amide bonds. The van der Waals surface area contributed by atoms with E-state index in [0.717, 1.165) is 29.2 Å². The molecular formula is C22H21NO2. The third kappa shape index (κ3) is 4.48. The lowest BCUT2D eigenvalue weighted by Gasteiger charge is -2.15. The fourth-order valence-electron chi connectivity index (χ4n) is 2.72. The van der Waals surface area contributed by atoms with Gasteiger partial charge in [-0.1, -0.05) is 55.5 Å². The minimum atomic E-state index is -0.151. The summed E-state index contributed by atoms with van der Waals surface area (Å²) in [7, 11) is 0. The average Bonchev–Trinajstić information content (AvgIpc) is 2.66. The molecule has 0 fully saturated rings. The minimum Gasteiger partial charge on any atom is -0.457 e. The molecule has 3 rings (SSSR count). The van der Waals surface area contributed by atoms with E-state index in [0.29, 0.717) is 0 Å². The number of nitrogens with one attached hydrogen (secondary N) is 1. The van der Waals surface area contributed by atoms with Crippen molar-refractivity contribution in [3.63, 3.8) is 0 Å². The molecule has 0 bridgehead atoms. The minimum absolute atomic E-state index is 0.00503. The fourth-order valence-corrected chi connectivity index (χ4v) is 2.72. The summed E-state index contributed by atoms with van der Waals surface area (Å²) in [5.41, 5.74) is 1.80. The predicted octanol–water partition coefficient (Wildman–Crippen LogP) is 5.61. The predicted molar refractivity (Wildman–Crippen MR) is 101 cm³/mol. The molecule has 0 aliphatic rings. The van der Waals surface area contributed by atoms with Crippen LogP contribution in [0.4, 0.5) is 5.69 Å². The van der Waals surface area contributed by atoms with E-state index in [-0.39, 0.29) is 11.8 Å². The number of carbonyl (C=O) groups excluding carboxylic acids is 1. The number of rotatable bonds is 6. The molecule has 0 spiro atoms. The zero-order chi connectivity index (χ0) is 17.5. The van der Waals surface area contributed by atoms with E-state index in [1.54, 1.807) is 0 Å². The Bertz CT molecular complexity index is 798. The molecule has 0 aliphatic heterocycles. The maximum absolute atomic E-state index is 12.6. The quantitative estimate of drug-likeness (QED) is 0.637. The average molecular weight is 331 g/mol. The molecule has 0 unspecified atom stereocenters. The van der Waals surface area contributed by atoms with Crippen LogP contribution in [0.15, 0.2) is 84.9 Å². The van der Waals surface area contributed by atoms with E-state index >= 15 is 0 Å². The lowest BCUT2D eigenvalue weighted by molar-refractivity contribution is -0.117. The van der Waals surface area contributed by atoms with Crippen LogP contribution in [0.1, 0.15) is 24.8 Å². The number of hydrogen-bond donors (Lipinski definition) is 1. The Kier molecular flexibility index (Phi) is 5.47. The first-order valence-corrected chi connectivity index (χ1v) is 8.45. The van der Waals surface area contributed by atoms with Crippen molar-refractivity contribution < 1.29 is 9.53 Å². The van der Waals surface area contributed by atoms with Crippen LogP contribution in [0.5, 0.6) is 11.5 Å². The lowest BCUT2D eigenvalue weighted by Crippen LogP contribution is -2.20. The zero-order valence-electron chi connectivity index (χ0n) is 14.2. The molecule has 0 saturated heterocycles. The van der Waals surface area contributed by atoms with Gasteiger partial charge in [-0.3, -0.25) is 4.79 Å². The van der Waals surface area contributed by atoms with Gasteiger partial charge in [0.1, 0.15) is 11.5 Å². The molecule has 25 heavy (non-hydrogen) atoms. The molecule has 0 aromatic heterocycles. The Morgan fingerprint density at radius 1 is 0.840 bits per heavy atom. The summed E-state index contributed by atoms with van der Waals surface area (Å²) in [6, 6.07) is 26.9. The first-order chi connectivity index (χ1) is 12.3. The Morgan fingerprint density at radius 2 is 1.40 bits per heavy atom. The molecule has 3 aromatic rings. The second kappa shape index (κ2) is 8.15. The van der Waals surface area contributed by atoms with Gasteiger partial charge < -0.3 is 10.1 Å². The van der Waals surface area contributed by atoms with Crippen molar-refractivity contribution in [1.82, 2.24) is 0 Å². The molecule has 0 aliphatic carbocycles. The highest BCUT2D eigenvalue weighted by Gasteiger charge is 2.18. The van der Waals surface area contributed by atoms with E-state index in [4.69, 9.17) is 4.74 Å². The van der Waals surface area contributed by atoms with Crippen LogP contribution in [0.2, 0.25) is 0 Å². The smallest absolute Gasteiger partial charge is 0.231 e. The second-order valence-corrected chi connectivity index (χ2v) is 5.80. The second-order valence-electron chi connectivity index (χ2n) is 5.80. The summed E-state index contributed by atoms with van der Waals surface area (Å²) >= 11 is 0. The first-order valence-electron chi connectivity index (χ1n) is 8.45. The van der Waals surface area contributed by atoms with Crippen molar-refractivity contribution in [3.05, 3.63) is 90.5 Å². The number of benzene rings is 3. The van der Waals surface area contributed by atoms with Crippen molar-refractivity contribution in [3.8, 4) is 11.5 Å². The highest BCUT2D eigenvalue weighted by atomic mass is 16.5. The molecule has 3 aromatic carbocycles. The summed E-state index contributed by atoms with van der Waals surface area (Å²) < 4.78 is 5.76. The number of ether oxygens (including phenoxy) is 1. The van der Waals surface area contributed by atoms with Crippen molar-refractivity contribution in [2.75, 3.05) is 5.32 Å². The Hall–Kier alpha value is -3.07. The van der Waals surface area contributed by atoms with Crippen LogP contribution in [-0.2, 0) is 4.79 Å². The van der Waals surface area contributed by atoms with Crippen LogP contribution in [0.25, 0.3) is 0 Å². The molecule has 1 atom stereocenters. The first kappa shape index (κ1) is 16.8. The van der Waals surface area contributed by atoms with E-state index in [2.05, 4.69) is 5.32 Å². The van der Waals surface area contributed by atoms with Gasteiger partial charge in [0.25, 0.3) is 0 Å². The van der Waals surface area contributed by atoms with Gasteiger partial charge in [0.2, 0.25) is 5.91 Å². The van der Waals surface area contributed by atoms with E-state index in [1.807, 2.05) is 91.9 Å². The van der Waals surface area contributed by atoms with Gasteiger partial charge in [0, 0.05) is 5.69 Å². The molecule has 0 saturated carbocycles. The van der Waals surface area contributed by atoms with Gasteiger partial charge in [-0.2, -0.15) is 0 Å². The van der Waals surface area contributed by atoms with Crippen molar-refractivity contribution in [2.24, 2.45) is 0 Å². The molecule has 3 heteroatoms. The third-order valence-corrected chi connectivity index (χ3v) is 4.03. The standard InChI is InChI=1S/C22H21NO2/c1-2-21(17-9-5-3-6-10-17)22(24)23-18-13-15-20(16-14-18)25-19-11-7-4-8-12-19/h3-16,21H,2H2,1H3,(H,23,24)/t21-/m0/s1. The number of hydrogen-bond acceptors (Lipinski definition) is 2. The van der Waals surface area contributed by atoms with Gasteiger partial charge in [-0.05, 0) is 48.4 Å². The van der Waals surface area contributed by atoms with Gasteiger partial charge >= 0.3 is 0 Å². The van der Waals surface area contributed by atoms with Crippen LogP contribution in [-0.4, -0.2) is 5.91 Å². The lowest BCUT2D eigenvalue weighted by atomic mass is 9.95. The van der Waals surface area contributed by atoms with Gasteiger partial charge in [0.15, 0.2) is 0 Å². The fraction of sp³-hybridized carbons (Fsp3) is 0.136. The maximum Gasteiger partial charge on any atom is 0.231 e. The van der Waals surface area contributed by atoms with E-state index in [1.165, 1.54) is 0 Å². The van der Waals surface area contributed by atoms with Crippen molar-refractivity contribution in [2.45, 2.75) is 19.3 Å². The van der Waals surface area contributed by atoms with E-state index < -0.39 is 0 Å². The highest BCUT2D eigenvalue weighted by Crippen LogP contribution is 2.25. The number of anilines is 1.